The molecule has 0 radical (unpaired) electrons. The van der Waals surface area contributed by atoms with E-state index in [1.807, 2.05) is 13.8 Å². The third-order valence-electron chi connectivity index (χ3n) is 5.00. The predicted molar refractivity (Wildman–Crippen MR) is 107 cm³/mol. The van der Waals surface area contributed by atoms with Crippen LogP contribution in [0.5, 0.6) is 0 Å². The van der Waals surface area contributed by atoms with Gasteiger partial charge in [-0.2, -0.15) is 4.31 Å². The van der Waals surface area contributed by atoms with Gasteiger partial charge in [0.15, 0.2) is 0 Å². The second-order valence-electron chi connectivity index (χ2n) is 7.28. The Morgan fingerprint density at radius 1 is 1.18 bits per heavy atom. The Hall–Kier alpha value is -1.49. The fourth-order valence-electron chi connectivity index (χ4n) is 2.98. The Morgan fingerprint density at radius 3 is 2.29 bits per heavy atom. The van der Waals surface area contributed by atoms with Gasteiger partial charge in [-0.3, -0.25) is 4.79 Å². The summed E-state index contributed by atoms with van der Waals surface area (Å²) in [6.07, 6.45) is 2.06. The highest BCUT2D eigenvalue weighted by molar-refractivity contribution is 7.89. The van der Waals surface area contributed by atoms with Crippen LogP contribution in [-0.2, 0) is 24.8 Å². The van der Waals surface area contributed by atoms with Crippen molar-refractivity contribution in [3.8, 4) is 0 Å². The Balaban J connectivity index is 2.19. The van der Waals surface area contributed by atoms with Gasteiger partial charge in [0.2, 0.25) is 26.0 Å². The fraction of sp³-hybridized carbons (Fsp3) is 0.611. The summed E-state index contributed by atoms with van der Waals surface area (Å²) in [7, 11) is -4.60. The van der Waals surface area contributed by atoms with Crippen LogP contribution < -0.4 is 5.32 Å². The fourth-order valence-corrected chi connectivity index (χ4v) is 5.41. The highest BCUT2D eigenvalue weighted by Gasteiger charge is 2.33. The molecule has 28 heavy (non-hydrogen) atoms. The lowest BCUT2D eigenvalue weighted by Gasteiger charge is -2.31. The number of benzene rings is 1. The lowest BCUT2D eigenvalue weighted by atomic mass is 9.98. The summed E-state index contributed by atoms with van der Waals surface area (Å²) in [5, 5.41) is 2.91. The lowest BCUT2D eigenvalue weighted by Crippen LogP contribution is -2.47. The molecule has 158 valence electrons. The monoisotopic (exact) mass is 431 g/mol. The molecular weight excluding hydrogens is 402 g/mol. The summed E-state index contributed by atoms with van der Waals surface area (Å²) in [5.74, 6) is -0.507. The number of carbonyl (C=O) groups is 1. The molecule has 0 bridgehead atoms. The zero-order valence-corrected chi connectivity index (χ0v) is 18.4. The van der Waals surface area contributed by atoms with Gasteiger partial charge in [0, 0.05) is 33.2 Å². The third-order valence-corrected chi connectivity index (χ3v) is 8.70. The van der Waals surface area contributed by atoms with Crippen molar-refractivity contribution < 1.29 is 21.6 Å². The minimum atomic E-state index is -3.80. The van der Waals surface area contributed by atoms with Crippen LogP contribution in [0.4, 0.5) is 0 Å². The van der Waals surface area contributed by atoms with Gasteiger partial charge in [-0.05, 0) is 50.5 Å². The molecule has 0 aliphatic carbocycles. The van der Waals surface area contributed by atoms with Crippen molar-refractivity contribution in [2.75, 3.05) is 27.2 Å². The molecule has 0 aromatic heterocycles. The van der Waals surface area contributed by atoms with Gasteiger partial charge < -0.3 is 5.32 Å². The summed E-state index contributed by atoms with van der Waals surface area (Å²) in [6, 6.07) is 5.23. The number of hydrogen-bond acceptors (Lipinski definition) is 5. The summed E-state index contributed by atoms with van der Waals surface area (Å²) in [5.41, 5.74) is 0. The van der Waals surface area contributed by atoms with E-state index in [2.05, 4.69) is 5.32 Å². The largest absolute Gasteiger partial charge is 0.353 e. The smallest absolute Gasteiger partial charge is 0.243 e. The van der Waals surface area contributed by atoms with E-state index in [9.17, 15) is 21.6 Å². The number of nitrogens with one attached hydrogen (secondary N) is 1. The normalized spacial score (nSPS) is 20.1. The molecule has 0 unspecified atom stereocenters. The first-order chi connectivity index (χ1) is 13.0. The molecule has 2 atom stereocenters. The zero-order valence-electron chi connectivity index (χ0n) is 16.8. The highest BCUT2D eigenvalue weighted by Crippen LogP contribution is 2.25. The van der Waals surface area contributed by atoms with Crippen molar-refractivity contribution in [2.24, 2.45) is 5.92 Å². The number of amides is 1. The number of hydrogen-bond donors (Lipinski definition) is 1. The van der Waals surface area contributed by atoms with E-state index in [1.54, 1.807) is 0 Å². The maximum atomic E-state index is 13.0. The van der Waals surface area contributed by atoms with Gasteiger partial charge in [0.1, 0.15) is 0 Å². The molecule has 1 aromatic rings. The Morgan fingerprint density at radius 2 is 1.75 bits per heavy atom. The number of nitrogens with zero attached hydrogens (tertiary/aromatic N) is 2. The molecule has 1 heterocycles. The van der Waals surface area contributed by atoms with Gasteiger partial charge in [0.25, 0.3) is 0 Å². The molecule has 1 aliphatic rings. The van der Waals surface area contributed by atoms with Crippen LogP contribution >= 0.6 is 0 Å². The molecular formula is C18H29N3O5S2. The Bertz CT molecular complexity index is 896. The molecule has 1 saturated heterocycles. The van der Waals surface area contributed by atoms with Crippen LogP contribution in [-0.4, -0.2) is 64.6 Å². The van der Waals surface area contributed by atoms with Crippen LogP contribution in [0.2, 0.25) is 0 Å². The molecule has 1 amide bonds. The van der Waals surface area contributed by atoms with Crippen LogP contribution in [0.1, 0.15) is 33.1 Å². The molecule has 0 saturated carbocycles. The third kappa shape index (κ3) is 4.91. The Labute approximate surface area is 168 Å². The molecule has 10 heteroatoms. The van der Waals surface area contributed by atoms with Gasteiger partial charge in [-0.25, -0.2) is 21.1 Å². The maximum Gasteiger partial charge on any atom is 0.243 e. The first kappa shape index (κ1) is 22.8. The van der Waals surface area contributed by atoms with Crippen molar-refractivity contribution in [2.45, 2.75) is 48.9 Å². The quantitative estimate of drug-likeness (QED) is 0.700. The molecule has 1 aromatic carbocycles. The molecule has 8 nitrogen and oxygen atoms in total. The van der Waals surface area contributed by atoms with E-state index in [0.717, 1.165) is 10.7 Å². The van der Waals surface area contributed by atoms with E-state index in [0.29, 0.717) is 19.4 Å². The van der Waals surface area contributed by atoms with Crippen molar-refractivity contribution in [3.05, 3.63) is 24.3 Å². The topological polar surface area (TPSA) is 104 Å². The second-order valence-corrected chi connectivity index (χ2v) is 11.4. The van der Waals surface area contributed by atoms with Crippen LogP contribution in [0.15, 0.2) is 34.1 Å². The molecule has 1 aliphatic heterocycles. The highest BCUT2D eigenvalue weighted by atomic mass is 32.2. The van der Waals surface area contributed by atoms with Crippen molar-refractivity contribution in [1.29, 1.82) is 0 Å². The second kappa shape index (κ2) is 8.89. The number of rotatable bonds is 7. The molecule has 0 spiro atoms. The molecule has 2 rings (SSSR count). The first-order valence-electron chi connectivity index (χ1n) is 9.33. The van der Waals surface area contributed by atoms with Crippen molar-refractivity contribution in [3.63, 3.8) is 0 Å². The van der Waals surface area contributed by atoms with E-state index >= 15 is 0 Å². The first-order valence-corrected chi connectivity index (χ1v) is 12.2. The zero-order chi connectivity index (χ0) is 21.1. The van der Waals surface area contributed by atoms with E-state index in [-0.39, 0.29) is 34.2 Å². The van der Waals surface area contributed by atoms with E-state index < -0.39 is 20.0 Å². The van der Waals surface area contributed by atoms with Gasteiger partial charge in [-0.1, -0.05) is 6.92 Å². The summed E-state index contributed by atoms with van der Waals surface area (Å²) in [4.78, 5) is 12.4. The average molecular weight is 432 g/mol. The summed E-state index contributed by atoms with van der Waals surface area (Å²) in [6.45, 7) is 4.36. The van der Waals surface area contributed by atoms with E-state index in [1.165, 1.54) is 42.7 Å². The van der Waals surface area contributed by atoms with Crippen molar-refractivity contribution >= 4 is 26.0 Å². The molecule has 1 fully saturated rings. The summed E-state index contributed by atoms with van der Waals surface area (Å²) < 4.78 is 52.6. The number of piperidine rings is 1. The number of sulfonamides is 2. The van der Waals surface area contributed by atoms with Crippen LogP contribution in [0, 0.1) is 5.92 Å². The van der Waals surface area contributed by atoms with Crippen LogP contribution in [0.25, 0.3) is 0 Å². The standard InChI is InChI=1S/C18H29N3O5S2/c1-5-14(2)19-18(22)15-7-6-12-21(13-15)28(25,26)17-10-8-16(9-11-17)27(23,24)20(3)4/h8-11,14-15H,5-7,12-13H2,1-4H3,(H,19,22)/t14-,15-/m0/s1. The maximum absolute atomic E-state index is 13.0. The minimum Gasteiger partial charge on any atom is -0.353 e. The van der Waals surface area contributed by atoms with Crippen LogP contribution in [0.3, 0.4) is 0 Å². The Kier molecular flexibility index (Phi) is 7.24. The minimum absolute atomic E-state index is 0.0215. The molecule has 1 N–H and O–H groups in total. The van der Waals surface area contributed by atoms with Gasteiger partial charge >= 0.3 is 0 Å². The summed E-state index contributed by atoms with van der Waals surface area (Å²) >= 11 is 0. The lowest BCUT2D eigenvalue weighted by molar-refractivity contribution is -0.126. The predicted octanol–water partition coefficient (Wildman–Crippen LogP) is 1.25. The number of carbonyl (C=O) groups excluding carboxylic acids is 1. The van der Waals surface area contributed by atoms with Crippen molar-refractivity contribution in [1.82, 2.24) is 13.9 Å². The SMILES string of the molecule is CC[C@H](C)NC(=O)[C@H]1CCCN(S(=O)(=O)c2ccc(S(=O)(=O)N(C)C)cc2)C1. The van der Waals surface area contributed by atoms with Gasteiger partial charge in [0.05, 0.1) is 15.7 Å². The van der Waals surface area contributed by atoms with E-state index in [4.69, 9.17) is 0 Å². The average Bonchev–Trinajstić information content (AvgIpc) is 2.67. The van der Waals surface area contributed by atoms with Gasteiger partial charge in [-0.15, -0.1) is 0 Å².